The number of nitro groups is 1. The van der Waals surface area contributed by atoms with Crippen molar-refractivity contribution in [2.24, 2.45) is 5.84 Å². The average Bonchev–Trinajstić information content (AvgIpc) is 2.42. The number of methoxy groups -OCH3 is 1. The molecule has 3 N–H and O–H groups in total. The van der Waals surface area contributed by atoms with Crippen LogP contribution in [0.3, 0.4) is 0 Å². The molecule has 20 heavy (non-hydrogen) atoms. The Morgan fingerprint density at radius 1 is 1.60 bits per heavy atom. The van der Waals surface area contributed by atoms with Gasteiger partial charge in [-0.2, -0.15) is 0 Å². The normalized spacial score (nSPS) is 10.2. The zero-order chi connectivity index (χ0) is 15.3. The van der Waals surface area contributed by atoms with Crippen LogP contribution in [-0.2, 0) is 4.74 Å². The van der Waals surface area contributed by atoms with E-state index >= 15 is 0 Å². The second-order valence-electron chi connectivity index (χ2n) is 3.97. The Morgan fingerprint density at radius 3 is 2.75 bits per heavy atom. The molecule has 1 aromatic rings. The predicted molar refractivity (Wildman–Crippen MR) is 74.8 cm³/mol. The summed E-state index contributed by atoms with van der Waals surface area (Å²) in [4.78, 5) is 23.8. The highest BCUT2D eigenvalue weighted by atomic mass is 35.5. The lowest BCUT2D eigenvalue weighted by Crippen LogP contribution is -2.30. The lowest BCUT2D eigenvalue weighted by molar-refractivity contribution is -0.384. The molecule has 1 aromatic carbocycles. The minimum Gasteiger partial charge on any atom is -0.383 e. The summed E-state index contributed by atoms with van der Waals surface area (Å²) in [5.74, 6) is 4.80. The van der Waals surface area contributed by atoms with Crippen molar-refractivity contribution in [3.63, 3.8) is 0 Å². The molecule has 8 nitrogen and oxygen atoms in total. The van der Waals surface area contributed by atoms with Crippen molar-refractivity contribution in [1.29, 1.82) is 0 Å². The third-order valence-corrected chi connectivity index (χ3v) is 2.93. The molecule has 0 saturated heterocycles. The Hall–Kier alpha value is -1.90. The van der Waals surface area contributed by atoms with E-state index in [0.717, 1.165) is 6.07 Å². The first-order chi connectivity index (χ1) is 9.42. The second kappa shape index (κ2) is 7.04. The number of carbonyl (C=O) groups excluding carboxylic acids is 1. The summed E-state index contributed by atoms with van der Waals surface area (Å²) in [5, 5.41) is 11.0. The molecule has 110 valence electrons. The van der Waals surface area contributed by atoms with Crippen LogP contribution in [-0.4, -0.2) is 43.0 Å². The van der Waals surface area contributed by atoms with Crippen LogP contribution in [0.4, 0.5) is 11.4 Å². The minimum atomic E-state index is -0.660. The van der Waals surface area contributed by atoms with E-state index < -0.39 is 10.8 Å². The Labute approximate surface area is 120 Å². The number of nitrogens with zero attached hydrogens (tertiary/aromatic N) is 2. The lowest BCUT2D eigenvalue weighted by Gasteiger charge is -2.17. The van der Waals surface area contributed by atoms with Crippen molar-refractivity contribution in [2.45, 2.75) is 0 Å². The van der Waals surface area contributed by atoms with Crippen molar-refractivity contribution in [3.8, 4) is 0 Å². The molecule has 0 spiro atoms. The molecule has 0 aromatic heterocycles. The first-order valence-electron chi connectivity index (χ1n) is 5.61. The van der Waals surface area contributed by atoms with Gasteiger partial charge in [0.1, 0.15) is 5.69 Å². The molecule has 0 saturated carbocycles. The molecule has 0 aliphatic heterocycles. The summed E-state index contributed by atoms with van der Waals surface area (Å²) in [6.07, 6.45) is 0. The summed E-state index contributed by atoms with van der Waals surface area (Å²) in [6.45, 7) is 0.720. The third kappa shape index (κ3) is 3.56. The van der Waals surface area contributed by atoms with E-state index in [1.807, 2.05) is 0 Å². The molecule has 0 aliphatic carbocycles. The zero-order valence-corrected chi connectivity index (χ0v) is 11.8. The fourth-order valence-electron chi connectivity index (χ4n) is 1.55. The third-order valence-electron chi connectivity index (χ3n) is 2.63. The fraction of sp³-hybridized carbons (Fsp3) is 0.364. The topological polar surface area (TPSA) is 111 Å². The van der Waals surface area contributed by atoms with Crippen LogP contribution in [0.5, 0.6) is 0 Å². The number of nitro benzene ring substituents is 1. The van der Waals surface area contributed by atoms with Gasteiger partial charge in [-0.15, -0.1) is 0 Å². The number of nitrogen functional groups attached to an aromatic ring is 1. The number of rotatable bonds is 6. The molecule has 0 bridgehead atoms. The number of nitrogens with one attached hydrogen (secondary N) is 1. The number of ether oxygens (including phenoxy) is 1. The molecule has 0 atom stereocenters. The number of likely N-dealkylation sites (N-methyl/N-ethyl adjacent to an activating group) is 1. The molecule has 0 heterocycles. The fourth-order valence-corrected chi connectivity index (χ4v) is 1.82. The van der Waals surface area contributed by atoms with Crippen LogP contribution in [0, 0.1) is 10.1 Å². The van der Waals surface area contributed by atoms with Crippen LogP contribution >= 0.6 is 11.6 Å². The standard InChI is InChI=1S/C11H15ClN4O4/c1-15(3-4-20-2)11(17)7-5-8(12)10(14-13)9(6-7)16(18)19/h5-6,14H,3-4,13H2,1-2H3. The molecular formula is C11H15ClN4O4. The maximum absolute atomic E-state index is 12.1. The molecule has 0 fully saturated rings. The van der Waals surface area contributed by atoms with Crippen molar-refractivity contribution < 1.29 is 14.5 Å². The number of benzene rings is 1. The van der Waals surface area contributed by atoms with Gasteiger partial charge >= 0.3 is 0 Å². The molecule has 1 amide bonds. The van der Waals surface area contributed by atoms with Gasteiger partial charge in [0.25, 0.3) is 11.6 Å². The van der Waals surface area contributed by atoms with Crippen LogP contribution in [0.2, 0.25) is 5.02 Å². The average molecular weight is 303 g/mol. The van der Waals surface area contributed by atoms with Crippen LogP contribution in [0.1, 0.15) is 10.4 Å². The van der Waals surface area contributed by atoms with Crippen LogP contribution in [0.15, 0.2) is 12.1 Å². The number of carbonyl (C=O) groups is 1. The quantitative estimate of drug-likeness (QED) is 0.465. The highest BCUT2D eigenvalue weighted by Crippen LogP contribution is 2.33. The van der Waals surface area contributed by atoms with Crippen molar-refractivity contribution in [2.75, 3.05) is 32.7 Å². The van der Waals surface area contributed by atoms with E-state index in [9.17, 15) is 14.9 Å². The molecule has 0 aliphatic rings. The van der Waals surface area contributed by atoms with E-state index in [1.165, 1.54) is 18.1 Å². The van der Waals surface area contributed by atoms with E-state index in [4.69, 9.17) is 22.2 Å². The highest BCUT2D eigenvalue weighted by Gasteiger charge is 2.22. The first-order valence-corrected chi connectivity index (χ1v) is 5.99. The Balaban J connectivity index is 3.13. The Kier molecular flexibility index (Phi) is 5.68. The molecule has 0 radical (unpaired) electrons. The van der Waals surface area contributed by atoms with Gasteiger partial charge in [-0.05, 0) is 6.07 Å². The van der Waals surface area contributed by atoms with Gasteiger partial charge < -0.3 is 15.1 Å². The summed E-state index contributed by atoms with van der Waals surface area (Å²) < 4.78 is 4.87. The number of hydrazine groups is 1. The number of anilines is 1. The smallest absolute Gasteiger partial charge is 0.295 e. The van der Waals surface area contributed by atoms with Crippen molar-refractivity contribution >= 4 is 28.9 Å². The monoisotopic (exact) mass is 302 g/mol. The summed E-state index contributed by atoms with van der Waals surface area (Å²) in [6, 6.07) is 2.46. The highest BCUT2D eigenvalue weighted by molar-refractivity contribution is 6.34. The molecule has 1 rings (SSSR count). The van der Waals surface area contributed by atoms with Gasteiger partial charge in [0, 0.05) is 32.3 Å². The number of hydrogen-bond acceptors (Lipinski definition) is 6. The molecule has 9 heteroatoms. The summed E-state index contributed by atoms with van der Waals surface area (Å²) in [5.41, 5.74) is 1.87. The Bertz CT molecular complexity index is 523. The number of halogens is 1. The van der Waals surface area contributed by atoms with E-state index in [2.05, 4.69) is 5.43 Å². The van der Waals surface area contributed by atoms with Gasteiger partial charge in [-0.1, -0.05) is 11.6 Å². The van der Waals surface area contributed by atoms with Crippen LogP contribution in [0.25, 0.3) is 0 Å². The predicted octanol–water partition coefficient (Wildman–Crippen LogP) is 1.25. The number of hydrogen-bond donors (Lipinski definition) is 2. The largest absolute Gasteiger partial charge is 0.383 e. The van der Waals surface area contributed by atoms with Crippen molar-refractivity contribution in [1.82, 2.24) is 4.90 Å². The first kappa shape index (κ1) is 16.2. The van der Waals surface area contributed by atoms with E-state index in [1.54, 1.807) is 7.05 Å². The molecular weight excluding hydrogens is 288 g/mol. The van der Waals surface area contributed by atoms with Gasteiger partial charge in [0.05, 0.1) is 16.6 Å². The minimum absolute atomic E-state index is 0.00481. The van der Waals surface area contributed by atoms with Crippen molar-refractivity contribution in [3.05, 3.63) is 32.8 Å². The second-order valence-corrected chi connectivity index (χ2v) is 4.38. The maximum Gasteiger partial charge on any atom is 0.295 e. The van der Waals surface area contributed by atoms with Gasteiger partial charge in [0.2, 0.25) is 0 Å². The zero-order valence-electron chi connectivity index (χ0n) is 11.1. The van der Waals surface area contributed by atoms with Gasteiger partial charge in [0.15, 0.2) is 0 Å². The lowest BCUT2D eigenvalue weighted by atomic mass is 10.1. The maximum atomic E-state index is 12.1. The summed E-state index contributed by atoms with van der Waals surface area (Å²) in [7, 11) is 3.08. The van der Waals surface area contributed by atoms with E-state index in [0.29, 0.717) is 13.2 Å². The Morgan fingerprint density at radius 2 is 2.25 bits per heavy atom. The molecule has 0 unspecified atom stereocenters. The summed E-state index contributed by atoms with van der Waals surface area (Å²) >= 11 is 5.89. The number of amides is 1. The van der Waals surface area contributed by atoms with Gasteiger partial charge in [-0.3, -0.25) is 20.8 Å². The van der Waals surface area contributed by atoms with E-state index in [-0.39, 0.29) is 22.0 Å². The number of nitrogens with two attached hydrogens (primary N) is 1. The SMILES string of the molecule is COCCN(C)C(=O)c1cc(Cl)c(NN)c([N+](=O)[O-])c1. The van der Waals surface area contributed by atoms with Gasteiger partial charge in [-0.25, -0.2) is 0 Å². The van der Waals surface area contributed by atoms with Crippen LogP contribution < -0.4 is 11.3 Å².